The molecule has 1 heterocycles. The van der Waals surface area contributed by atoms with Crippen molar-refractivity contribution in [3.63, 3.8) is 0 Å². The van der Waals surface area contributed by atoms with Crippen molar-refractivity contribution in [3.8, 4) is 0 Å². The van der Waals surface area contributed by atoms with Crippen LogP contribution in [0.5, 0.6) is 0 Å². The maximum atomic E-state index is 12.1. The highest BCUT2D eigenvalue weighted by Gasteiger charge is 2.28. The predicted molar refractivity (Wildman–Crippen MR) is 69.8 cm³/mol. The van der Waals surface area contributed by atoms with E-state index in [1.165, 1.54) is 0 Å². The van der Waals surface area contributed by atoms with Crippen molar-refractivity contribution < 1.29 is 14.4 Å². The smallest absolute Gasteiger partial charge is 0.253 e. The third kappa shape index (κ3) is 2.93. The molecule has 2 N–H and O–H groups in total. The van der Waals surface area contributed by atoms with Gasteiger partial charge in [0, 0.05) is 6.42 Å². The molecule has 2 rings (SSSR count). The monoisotopic (exact) mass is 280 g/mol. The van der Waals surface area contributed by atoms with Crippen LogP contribution in [0.3, 0.4) is 0 Å². The molecule has 0 aliphatic carbocycles. The van der Waals surface area contributed by atoms with Crippen molar-refractivity contribution in [2.75, 3.05) is 0 Å². The van der Waals surface area contributed by atoms with Gasteiger partial charge in [-0.05, 0) is 25.0 Å². The summed E-state index contributed by atoms with van der Waals surface area (Å²) in [4.78, 5) is 34.6. The van der Waals surface area contributed by atoms with Gasteiger partial charge in [-0.15, -0.1) is 0 Å². The first-order valence-electron chi connectivity index (χ1n) is 5.88. The fraction of sp³-hybridized carbons (Fsp3) is 0.308. The molecule has 19 heavy (non-hydrogen) atoms. The Morgan fingerprint density at radius 1 is 1.42 bits per heavy atom. The van der Waals surface area contributed by atoms with E-state index < -0.39 is 17.9 Å². The van der Waals surface area contributed by atoms with Crippen molar-refractivity contribution in [2.45, 2.75) is 25.8 Å². The Morgan fingerprint density at radius 3 is 2.84 bits per heavy atom. The lowest BCUT2D eigenvalue weighted by atomic mass is 10.0. The standard InChI is InChI=1S/C13H13ClN2O3/c1-7-3-2-4-8(11(7)14)12(18)15-9-5-6-10(17)16-13(9)19/h2-4,9H,5-6H2,1H3,(H,15,18)(H,16,17,19). The number of hydrogen-bond donors (Lipinski definition) is 2. The Balaban J connectivity index is 2.11. The molecule has 1 aliphatic rings. The number of carbonyl (C=O) groups excluding carboxylic acids is 3. The van der Waals surface area contributed by atoms with Crippen LogP contribution in [0.1, 0.15) is 28.8 Å². The summed E-state index contributed by atoms with van der Waals surface area (Å²) in [5.41, 5.74) is 1.11. The number of piperidine rings is 1. The Hall–Kier alpha value is -1.88. The van der Waals surface area contributed by atoms with Gasteiger partial charge in [-0.2, -0.15) is 0 Å². The fourth-order valence-corrected chi connectivity index (χ4v) is 2.10. The summed E-state index contributed by atoms with van der Waals surface area (Å²) in [5, 5.41) is 5.14. The second-order valence-corrected chi connectivity index (χ2v) is 4.79. The van der Waals surface area contributed by atoms with Gasteiger partial charge in [0.25, 0.3) is 5.91 Å². The van der Waals surface area contributed by atoms with Crippen molar-refractivity contribution in [1.29, 1.82) is 0 Å². The van der Waals surface area contributed by atoms with Gasteiger partial charge in [0.15, 0.2) is 0 Å². The van der Waals surface area contributed by atoms with Gasteiger partial charge in [-0.3, -0.25) is 19.7 Å². The summed E-state index contributed by atoms with van der Waals surface area (Å²) in [6.07, 6.45) is 0.526. The number of aryl methyl sites for hydroxylation is 1. The molecule has 1 saturated heterocycles. The van der Waals surface area contributed by atoms with E-state index in [4.69, 9.17) is 11.6 Å². The van der Waals surface area contributed by atoms with E-state index in [2.05, 4.69) is 10.6 Å². The molecule has 1 aromatic rings. The zero-order valence-corrected chi connectivity index (χ0v) is 11.1. The molecular weight excluding hydrogens is 268 g/mol. The van der Waals surface area contributed by atoms with Gasteiger partial charge in [-0.1, -0.05) is 23.7 Å². The molecule has 3 amide bonds. The summed E-state index contributed by atoms with van der Waals surface area (Å²) in [6.45, 7) is 1.80. The number of halogens is 1. The minimum absolute atomic E-state index is 0.220. The number of rotatable bonds is 2. The van der Waals surface area contributed by atoms with Crippen molar-refractivity contribution in [2.24, 2.45) is 0 Å². The van der Waals surface area contributed by atoms with E-state index in [0.29, 0.717) is 17.0 Å². The second-order valence-electron chi connectivity index (χ2n) is 4.41. The van der Waals surface area contributed by atoms with Gasteiger partial charge in [0.05, 0.1) is 10.6 Å². The van der Waals surface area contributed by atoms with Crippen LogP contribution in [-0.4, -0.2) is 23.8 Å². The van der Waals surface area contributed by atoms with Crippen molar-refractivity contribution >= 4 is 29.3 Å². The predicted octanol–water partition coefficient (Wildman–Crippen LogP) is 1.18. The molecule has 1 fully saturated rings. The molecule has 1 atom stereocenters. The Labute approximate surface area is 115 Å². The van der Waals surface area contributed by atoms with Gasteiger partial charge in [0.2, 0.25) is 11.8 Å². The highest BCUT2D eigenvalue weighted by molar-refractivity contribution is 6.34. The molecular formula is C13H13ClN2O3. The lowest BCUT2D eigenvalue weighted by molar-refractivity contribution is -0.134. The topological polar surface area (TPSA) is 75.3 Å². The first kappa shape index (κ1) is 13.5. The largest absolute Gasteiger partial charge is 0.340 e. The highest BCUT2D eigenvalue weighted by atomic mass is 35.5. The zero-order valence-electron chi connectivity index (χ0n) is 10.3. The van der Waals surface area contributed by atoms with Crippen molar-refractivity contribution in [1.82, 2.24) is 10.6 Å². The van der Waals surface area contributed by atoms with Crippen LogP contribution < -0.4 is 10.6 Å². The first-order chi connectivity index (χ1) is 8.99. The zero-order chi connectivity index (χ0) is 14.0. The maximum Gasteiger partial charge on any atom is 0.253 e. The molecule has 100 valence electrons. The number of nitrogens with one attached hydrogen (secondary N) is 2. The summed E-state index contributed by atoms with van der Waals surface area (Å²) in [6, 6.07) is 4.42. The maximum absolute atomic E-state index is 12.1. The third-order valence-corrected chi connectivity index (χ3v) is 3.48. The molecule has 5 nitrogen and oxygen atoms in total. The van der Waals surface area contributed by atoms with Gasteiger partial charge in [0.1, 0.15) is 6.04 Å². The summed E-state index contributed by atoms with van der Waals surface area (Å²) >= 11 is 6.05. The molecule has 0 bridgehead atoms. The Bertz CT molecular complexity index is 557. The number of hydrogen-bond acceptors (Lipinski definition) is 3. The molecule has 0 spiro atoms. The lowest BCUT2D eigenvalue weighted by Gasteiger charge is -2.22. The average molecular weight is 281 g/mol. The van der Waals surface area contributed by atoms with E-state index in [1.807, 2.05) is 0 Å². The van der Waals surface area contributed by atoms with Gasteiger partial charge < -0.3 is 5.32 Å². The van der Waals surface area contributed by atoms with E-state index in [1.54, 1.807) is 25.1 Å². The van der Waals surface area contributed by atoms with Crippen LogP contribution in [0.15, 0.2) is 18.2 Å². The number of benzene rings is 1. The Kier molecular flexibility index (Phi) is 3.85. The molecule has 1 unspecified atom stereocenters. The van der Waals surface area contributed by atoms with Crippen LogP contribution in [0.2, 0.25) is 5.02 Å². The average Bonchev–Trinajstić information content (AvgIpc) is 2.36. The minimum atomic E-state index is -0.693. The van der Waals surface area contributed by atoms with Crippen LogP contribution in [-0.2, 0) is 9.59 Å². The van der Waals surface area contributed by atoms with E-state index >= 15 is 0 Å². The van der Waals surface area contributed by atoms with Crippen LogP contribution in [0, 0.1) is 6.92 Å². The van der Waals surface area contributed by atoms with E-state index in [9.17, 15) is 14.4 Å². The molecule has 1 aromatic carbocycles. The first-order valence-corrected chi connectivity index (χ1v) is 6.26. The number of amides is 3. The summed E-state index contributed by atoms with van der Waals surface area (Å²) in [7, 11) is 0. The second kappa shape index (κ2) is 5.40. The third-order valence-electron chi connectivity index (χ3n) is 2.98. The van der Waals surface area contributed by atoms with Crippen LogP contribution in [0.4, 0.5) is 0 Å². The molecule has 1 aliphatic heterocycles. The van der Waals surface area contributed by atoms with E-state index in [0.717, 1.165) is 5.56 Å². The summed E-state index contributed by atoms with van der Waals surface area (Å²) < 4.78 is 0. The molecule has 0 radical (unpaired) electrons. The Morgan fingerprint density at radius 2 is 2.16 bits per heavy atom. The van der Waals surface area contributed by atoms with Crippen LogP contribution in [0.25, 0.3) is 0 Å². The quantitative estimate of drug-likeness (QED) is 0.799. The molecule has 0 saturated carbocycles. The fourth-order valence-electron chi connectivity index (χ4n) is 1.89. The number of carbonyl (C=O) groups is 3. The lowest BCUT2D eigenvalue weighted by Crippen LogP contribution is -2.52. The van der Waals surface area contributed by atoms with Gasteiger partial charge in [-0.25, -0.2) is 0 Å². The minimum Gasteiger partial charge on any atom is -0.340 e. The molecule has 0 aromatic heterocycles. The van der Waals surface area contributed by atoms with E-state index in [-0.39, 0.29) is 12.3 Å². The summed E-state index contributed by atoms with van der Waals surface area (Å²) in [5.74, 6) is -1.21. The van der Waals surface area contributed by atoms with Gasteiger partial charge >= 0.3 is 0 Å². The molecule has 6 heteroatoms. The van der Waals surface area contributed by atoms with Crippen molar-refractivity contribution in [3.05, 3.63) is 34.3 Å². The number of imide groups is 1. The normalized spacial score (nSPS) is 18.9. The highest BCUT2D eigenvalue weighted by Crippen LogP contribution is 2.20. The SMILES string of the molecule is Cc1cccc(C(=O)NC2CCC(=O)NC2=O)c1Cl. The van der Waals surface area contributed by atoms with Crippen LogP contribution >= 0.6 is 11.6 Å².